The SMILES string of the molecule is CC(C)CCOCCNS(=O)(=O)c1c[nH]c(CO)c1. The topological polar surface area (TPSA) is 91.4 Å². The van der Waals surface area contributed by atoms with Crippen molar-refractivity contribution in [2.75, 3.05) is 19.8 Å². The summed E-state index contributed by atoms with van der Waals surface area (Å²) < 4.78 is 31.4. The van der Waals surface area contributed by atoms with Crippen molar-refractivity contribution in [3.63, 3.8) is 0 Å². The Bertz CT molecular complexity index is 468. The number of hydrogen-bond donors (Lipinski definition) is 3. The van der Waals surface area contributed by atoms with Gasteiger partial charge < -0.3 is 14.8 Å². The van der Waals surface area contributed by atoms with E-state index in [0.717, 1.165) is 6.42 Å². The molecule has 6 nitrogen and oxygen atoms in total. The fourth-order valence-corrected chi connectivity index (χ4v) is 2.45. The van der Waals surface area contributed by atoms with Gasteiger partial charge in [-0.2, -0.15) is 0 Å². The maximum atomic E-state index is 11.8. The number of ether oxygens (including phenoxy) is 1. The van der Waals surface area contributed by atoms with Gasteiger partial charge in [0.1, 0.15) is 0 Å². The molecule has 0 amide bonds. The lowest BCUT2D eigenvalue weighted by atomic mass is 10.1. The van der Waals surface area contributed by atoms with Crippen LogP contribution >= 0.6 is 0 Å². The van der Waals surface area contributed by atoms with Crippen molar-refractivity contribution in [2.45, 2.75) is 31.8 Å². The van der Waals surface area contributed by atoms with E-state index in [2.05, 4.69) is 23.6 Å². The minimum Gasteiger partial charge on any atom is -0.390 e. The molecule has 0 atom stereocenters. The zero-order valence-corrected chi connectivity index (χ0v) is 12.2. The molecule has 0 radical (unpaired) electrons. The quantitative estimate of drug-likeness (QED) is 0.588. The first-order valence-corrected chi connectivity index (χ1v) is 7.79. The van der Waals surface area contributed by atoms with Crippen LogP contribution < -0.4 is 4.72 Å². The number of rotatable bonds is 9. The summed E-state index contributed by atoms with van der Waals surface area (Å²) in [6.07, 6.45) is 2.32. The van der Waals surface area contributed by atoms with Crippen molar-refractivity contribution in [2.24, 2.45) is 5.92 Å². The van der Waals surface area contributed by atoms with Crippen LogP contribution in [0.4, 0.5) is 0 Å². The van der Waals surface area contributed by atoms with Crippen LogP contribution in [0.3, 0.4) is 0 Å². The first-order chi connectivity index (χ1) is 8.95. The number of sulfonamides is 1. The van der Waals surface area contributed by atoms with Crippen LogP contribution in [0.25, 0.3) is 0 Å². The van der Waals surface area contributed by atoms with E-state index in [1.165, 1.54) is 12.3 Å². The highest BCUT2D eigenvalue weighted by atomic mass is 32.2. The second-order valence-corrected chi connectivity index (χ2v) is 6.48. The van der Waals surface area contributed by atoms with Gasteiger partial charge in [-0.15, -0.1) is 0 Å². The minimum absolute atomic E-state index is 0.124. The predicted molar refractivity (Wildman–Crippen MR) is 72.2 cm³/mol. The maximum absolute atomic E-state index is 11.8. The lowest BCUT2D eigenvalue weighted by molar-refractivity contribution is 0.128. The van der Waals surface area contributed by atoms with Crippen LogP contribution in [-0.2, 0) is 21.4 Å². The summed E-state index contributed by atoms with van der Waals surface area (Å²) in [7, 11) is -3.53. The average molecular weight is 290 g/mol. The highest BCUT2D eigenvalue weighted by Gasteiger charge is 2.15. The van der Waals surface area contributed by atoms with E-state index in [1.807, 2.05) is 0 Å². The van der Waals surface area contributed by atoms with Gasteiger partial charge in [-0.25, -0.2) is 13.1 Å². The Morgan fingerprint density at radius 3 is 2.74 bits per heavy atom. The molecule has 0 saturated heterocycles. The van der Waals surface area contributed by atoms with E-state index in [0.29, 0.717) is 24.8 Å². The lowest BCUT2D eigenvalue weighted by Gasteiger charge is -2.07. The number of aromatic amines is 1. The molecule has 19 heavy (non-hydrogen) atoms. The van der Waals surface area contributed by atoms with E-state index in [4.69, 9.17) is 9.84 Å². The van der Waals surface area contributed by atoms with Gasteiger partial charge in [0.15, 0.2) is 0 Å². The molecule has 0 saturated carbocycles. The first kappa shape index (κ1) is 16.2. The Balaban J connectivity index is 2.31. The molecular weight excluding hydrogens is 268 g/mol. The highest BCUT2D eigenvalue weighted by molar-refractivity contribution is 7.89. The summed E-state index contributed by atoms with van der Waals surface area (Å²) in [5.74, 6) is 0.577. The molecule has 1 rings (SSSR count). The summed E-state index contributed by atoms with van der Waals surface area (Å²) >= 11 is 0. The standard InChI is InChI=1S/C12H22N2O4S/c1-10(2)3-5-18-6-4-14-19(16,17)12-7-11(9-15)13-8-12/h7-8,10,13-15H,3-6,9H2,1-2H3. The van der Waals surface area contributed by atoms with Gasteiger partial charge in [0.05, 0.1) is 18.1 Å². The summed E-state index contributed by atoms with van der Waals surface area (Å²) in [4.78, 5) is 2.81. The van der Waals surface area contributed by atoms with Crippen molar-refractivity contribution in [3.05, 3.63) is 18.0 Å². The number of hydrogen-bond acceptors (Lipinski definition) is 4. The van der Waals surface area contributed by atoms with Crippen LogP contribution in [0.2, 0.25) is 0 Å². The molecule has 0 aromatic carbocycles. The third kappa shape index (κ3) is 5.73. The van der Waals surface area contributed by atoms with Gasteiger partial charge in [-0.3, -0.25) is 0 Å². The zero-order chi connectivity index (χ0) is 14.3. The molecule has 7 heteroatoms. The number of aromatic nitrogens is 1. The van der Waals surface area contributed by atoms with Gasteiger partial charge in [-0.1, -0.05) is 13.8 Å². The molecule has 0 fully saturated rings. The monoisotopic (exact) mass is 290 g/mol. The largest absolute Gasteiger partial charge is 0.390 e. The predicted octanol–water partition coefficient (Wildman–Crippen LogP) is 0.848. The fraction of sp³-hybridized carbons (Fsp3) is 0.667. The second-order valence-electron chi connectivity index (χ2n) is 4.71. The Morgan fingerprint density at radius 2 is 2.16 bits per heavy atom. The van der Waals surface area contributed by atoms with Gasteiger partial charge in [0.2, 0.25) is 10.0 Å². The van der Waals surface area contributed by atoms with Crippen LogP contribution in [-0.4, -0.2) is 38.3 Å². The molecule has 1 aromatic heterocycles. The molecule has 1 heterocycles. The first-order valence-electron chi connectivity index (χ1n) is 6.31. The van der Waals surface area contributed by atoms with Crippen molar-refractivity contribution >= 4 is 10.0 Å². The summed E-state index contributed by atoms with van der Waals surface area (Å²) in [6, 6.07) is 1.40. The third-order valence-electron chi connectivity index (χ3n) is 2.57. The van der Waals surface area contributed by atoms with E-state index in [-0.39, 0.29) is 18.0 Å². The molecule has 0 aliphatic carbocycles. The summed E-state index contributed by atoms with van der Waals surface area (Å²) in [5.41, 5.74) is 0.466. The molecule has 110 valence electrons. The Labute approximate surface area is 114 Å². The Kier molecular flexibility index (Phi) is 6.50. The number of aliphatic hydroxyl groups excluding tert-OH is 1. The molecular formula is C12H22N2O4S. The highest BCUT2D eigenvalue weighted by Crippen LogP contribution is 2.10. The van der Waals surface area contributed by atoms with E-state index >= 15 is 0 Å². The smallest absolute Gasteiger partial charge is 0.242 e. The van der Waals surface area contributed by atoms with Crippen molar-refractivity contribution in [1.29, 1.82) is 0 Å². The van der Waals surface area contributed by atoms with E-state index in [1.54, 1.807) is 0 Å². The van der Waals surface area contributed by atoms with E-state index < -0.39 is 10.0 Å². The average Bonchev–Trinajstić information content (AvgIpc) is 2.82. The molecule has 0 aliphatic heterocycles. The van der Waals surface area contributed by atoms with Crippen LogP contribution in [0.15, 0.2) is 17.2 Å². The molecule has 0 spiro atoms. The summed E-state index contributed by atoms with van der Waals surface area (Å²) in [6.45, 7) is 5.22. The zero-order valence-electron chi connectivity index (χ0n) is 11.3. The Hall–Kier alpha value is -0.890. The van der Waals surface area contributed by atoms with Crippen LogP contribution in [0.5, 0.6) is 0 Å². The second kappa shape index (κ2) is 7.64. The van der Waals surface area contributed by atoms with Crippen molar-refractivity contribution in [3.8, 4) is 0 Å². The number of H-pyrrole nitrogens is 1. The summed E-state index contributed by atoms with van der Waals surface area (Å²) in [5, 5.41) is 8.87. The van der Waals surface area contributed by atoms with Crippen LogP contribution in [0, 0.1) is 5.92 Å². The minimum atomic E-state index is -3.53. The molecule has 0 unspecified atom stereocenters. The fourth-order valence-electron chi connectivity index (χ4n) is 1.42. The molecule has 0 aliphatic rings. The van der Waals surface area contributed by atoms with E-state index in [9.17, 15) is 8.42 Å². The normalized spacial score (nSPS) is 12.2. The number of nitrogens with one attached hydrogen (secondary N) is 2. The van der Waals surface area contributed by atoms with Gasteiger partial charge >= 0.3 is 0 Å². The number of aliphatic hydroxyl groups is 1. The van der Waals surface area contributed by atoms with Crippen LogP contribution in [0.1, 0.15) is 26.0 Å². The van der Waals surface area contributed by atoms with Gasteiger partial charge in [0, 0.05) is 25.0 Å². The van der Waals surface area contributed by atoms with Gasteiger partial charge in [0.25, 0.3) is 0 Å². The third-order valence-corrected chi connectivity index (χ3v) is 4.02. The maximum Gasteiger partial charge on any atom is 0.242 e. The molecule has 3 N–H and O–H groups in total. The molecule has 1 aromatic rings. The van der Waals surface area contributed by atoms with Gasteiger partial charge in [-0.05, 0) is 18.4 Å². The van der Waals surface area contributed by atoms with Crippen molar-refractivity contribution in [1.82, 2.24) is 9.71 Å². The lowest BCUT2D eigenvalue weighted by Crippen LogP contribution is -2.27. The van der Waals surface area contributed by atoms with Crippen molar-refractivity contribution < 1.29 is 18.3 Å². The molecule has 0 bridgehead atoms. The Morgan fingerprint density at radius 1 is 1.42 bits per heavy atom.